The van der Waals surface area contributed by atoms with Gasteiger partial charge in [0.1, 0.15) is 0 Å². The molecule has 3 unspecified atom stereocenters. The summed E-state index contributed by atoms with van der Waals surface area (Å²) in [6.45, 7) is 8.19. The smallest absolute Gasteiger partial charge is 0.0612 e. The van der Waals surface area contributed by atoms with Crippen molar-refractivity contribution in [2.75, 3.05) is 6.61 Å². The summed E-state index contributed by atoms with van der Waals surface area (Å²) in [7, 11) is 0. The lowest BCUT2D eigenvalue weighted by molar-refractivity contribution is 0.00933. The molecule has 1 aliphatic heterocycles. The van der Waals surface area contributed by atoms with Crippen LogP contribution in [0, 0.1) is 17.3 Å². The normalized spacial score (nSPS) is 39.8. The largest absolute Gasteiger partial charge is 0.378 e. The van der Waals surface area contributed by atoms with Gasteiger partial charge in [0.05, 0.1) is 6.10 Å². The zero-order valence-electron chi connectivity index (χ0n) is 12.7. The molecule has 1 heterocycles. The summed E-state index contributed by atoms with van der Waals surface area (Å²) in [5.41, 5.74) is 0.581. The molecule has 2 fully saturated rings. The Kier molecular flexibility index (Phi) is 5.12. The molecule has 0 aromatic carbocycles. The molecule has 2 rings (SSSR count). The second kappa shape index (κ2) is 6.41. The van der Waals surface area contributed by atoms with Gasteiger partial charge in [-0.25, -0.2) is 0 Å². The Hall–Kier alpha value is -0.0400. The summed E-state index contributed by atoms with van der Waals surface area (Å²) in [5, 5.41) is 0. The predicted octanol–water partition coefficient (Wildman–Crippen LogP) is 5.19. The van der Waals surface area contributed by atoms with Crippen LogP contribution < -0.4 is 0 Å². The van der Waals surface area contributed by atoms with Crippen molar-refractivity contribution in [3.63, 3.8) is 0 Å². The molecule has 0 spiro atoms. The van der Waals surface area contributed by atoms with Crippen molar-refractivity contribution in [3.8, 4) is 0 Å². The Morgan fingerprint density at radius 2 is 1.94 bits per heavy atom. The van der Waals surface area contributed by atoms with Crippen LogP contribution in [0.4, 0.5) is 0 Å². The van der Waals surface area contributed by atoms with Gasteiger partial charge in [-0.1, -0.05) is 52.9 Å². The minimum Gasteiger partial charge on any atom is -0.378 e. The maximum absolute atomic E-state index is 6.01. The standard InChI is InChI=1S/C17H32O/c1-4-5-6-7-8-10-17(3)11-9-15-14(2)13-18-16(15)12-17/h14-16H,4-13H2,1-3H3/t14?,15-,16?,17?/m0/s1. The average Bonchev–Trinajstić information content (AvgIpc) is 2.70. The van der Waals surface area contributed by atoms with Gasteiger partial charge in [0.2, 0.25) is 0 Å². The molecule has 0 N–H and O–H groups in total. The molecule has 1 nitrogen and oxygen atoms in total. The zero-order valence-corrected chi connectivity index (χ0v) is 12.7. The highest BCUT2D eigenvalue weighted by molar-refractivity contribution is 4.93. The molecule has 1 saturated heterocycles. The number of hydrogen-bond acceptors (Lipinski definition) is 1. The minimum atomic E-state index is 0.581. The van der Waals surface area contributed by atoms with E-state index in [4.69, 9.17) is 4.74 Å². The van der Waals surface area contributed by atoms with Crippen LogP contribution in [0.5, 0.6) is 0 Å². The number of fused-ring (bicyclic) bond motifs is 1. The second-order valence-corrected chi connectivity index (χ2v) is 7.23. The van der Waals surface area contributed by atoms with E-state index in [9.17, 15) is 0 Å². The highest BCUT2D eigenvalue weighted by Gasteiger charge is 2.43. The minimum absolute atomic E-state index is 0.581. The lowest BCUT2D eigenvalue weighted by atomic mass is 9.66. The van der Waals surface area contributed by atoms with Gasteiger partial charge in [-0.05, 0) is 42.9 Å². The monoisotopic (exact) mass is 252 g/mol. The molecule has 1 saturated carbocycles. The Bertz CT molecular complexity index is 250. The van der Waals surface area contributed by atoms with Crippen molar-refractivity contribution in [1.82, 2.24) is 0 Å². The third-order valence-corrected chi connectivity index (χ3v) is 5.44. The summed E-state index contributed by atoms with van der Waals surface area (Å²) in [4.78, 5) is 0. The van der Waals surface area contributed by atoms with E-state index in [1.54, 1.807) is 0 Å². The number of rotatable bonds is 6. The van der Waals surface area contributed by atoms with Gasteiger partial charge < -0.3 is 4.74 Å². The zero-order chi connectivity index (χ0) is 13.0. The van der Waals surface area contributed by atoms with Crippen molar-refractivity contribution in [2.45, 2.75) is 84.7 Å². The fourth-order valence-electron chi connectivity index (χ4n) is 4.05. The fraction of sp³-hybridized carbons (Fsp3) is 1.00. The van der Waals surface area contributed by atoms with E-state index < -0.39 is 0 Å². The third-order valence-electron chi connectivity index (χ3n) is 5.44. The molecule has 4 atom stereocenters. The van der Waals surface area contributed by atoms with E-state index in [2.05, 4.69) is 20.8 Å². The topological polar surface area (TPSA) is 9.23 Å². The van der Waals surface area contributed by atoms with E-state index in [0.29, 0.717) is 11.5 Å². The first-order chi connectivity index (χ1) is 8.64. The highest BCUT2D eigenvalue weighted by atomic mass is 16.5. The van der Waals surface area contributed by atoms with Crippen molar-refractivity contribution < 1.29 is 4.74 Å². The summed E-state index contributed by atoms with van der Waals surface area (Å²) >= 11 is 0. The maximum atomic E-state index is 6.01. The summed E-state index contributed by atoms with van der Waals surface area (Å²) < 4.78 is 6.01. The van der Waals surface area contributed by atoms with Gasteiger partial charge in [-0.15, -0.1) is 0 Å². The van der Waals surface area contributed by atoms with E-state index in [0.717, 1.165) is 18.4 Å². The Morgan fingerprint density at radius 1 is 1.17 bits per heavy atom. The molecule has 0 amide bonds. The van der Waals surface area contributed by atoms with Gasteiger partial charge in [0.15, 0.2) is 0 Å². The van der Waals surface area contributed by atoms with Crippen LogP contribution in [-0.4, -0.2) is 12.7 Å². The lowest BCUT2D eigenvalue weighted by Crippen LogP contribution is -2.34. The Morgan fingerprint density at radius 3 is 2.72 bits per heavy atom. The molecule has 1 heteroatoms. The molecule has 18 heavy (non-hydrogen) atoms. The van der Waals surface area contributed by atoms with Crippen molar-refractivity contribution in [3.05, 3.63) is 0 Å². The van der Waals surface area contributed by atoms with Gasteiger partial charge in [-0.2, -0.15) is 0 Å². The molecular formula is C17H32O. The number of ether oxygens (including phenoxy) is 1. The molecule has 0 aromatic rings. The first-order valence-electron chi connectivity index (χ1n) is 8.26. The van der Waals surface area contributed by atoms with Gasteiger partial charge >= 0.3 is 0 Å². The fourth-order valence-corrected chi connectivity index (χ4v) is 4.05. The summed E-state index contributed by atoms with van der Waals surface area (Å²) in [5.74, 6) is 1.68. The van der Waals surface area contributed by atoms with Crippen molar-refractivity contribution >= 4 is 0 Å². The lowest BCUT2D eigenvalue weighted by Gasteiger charge is -2.40. The van der Waals surface area contributed by atoms with E-state index >= 15 is 0 Å². The SMILES string of the molecule is CCCCCCCC1(C)CC[C@H]2C(C)COC2C1. The third kappa shape index (κ3) is 3.50. The molecule has 2 aliphatic rings. The van der Waals surface area contributed by atoms with Crippen molar-refractivity contribution in [2.24, 2.45) is 17.3 Å². The summed E-state index contributed by atoms with van der Waals surface area (Å²) in [6, 6.07) is 0. The van der Waals surface area contributed by atoms with Crippen LogP contribution in [0.1, 0.15) is 78.6 Å². The molecular weight excluding hydrogens is 220 g/mol. The first kappa shape index (κ1) is 14.4. The van der Waals surface area contributed by atoms with E-state index in [1.807, 2.05) is 0 Å². The van der Waals surface area contributed by atoms with Crippen molar-refractivity contribution in [1.29, 1.82) is 0 Å². The number of unbranched alkanes of at least 4 members (excludes halogenated alkanes) is 4. The summed E-state index contributed by atoms with van der Waals surface area (Å²) in [6.07, 6.45) is 13.3. The molecule has 0 bridgehead atoms. The molecule has 0 aromatic heterocycles. The molecule has 106 valence electrons. The van der Waals surface area contributed by atoms with Gasteiger partial charge in [-0.3, -0.25) is 0 Å². The number of hydrogen-bond donors (Lipinski definition) is 0. The van der Waals surface area contributed by atoms with Crippen LogP contribution >= 0.6 is 0 Å². The van der Waals surface area contributed by atoms with Gasteiger partial charge in [0.25, 0.3) is 0 Å². The van der Waals surface area contributed by atoms with Gasteiger partial charge in [0, 0.05) is 6.61 Å². The van der Waals surface area contributed by atoms with Crippen LogP contribution in [0.3, 0.4) is 0 Å². The van der Waals surface area contributed by atoms with Crippen LogP contribution in [0.15, 0.2) is 0 Å². The van der Waals surface area contributed by atoms with E-state index in [1.165, 1.54) is 57.8 Å². The average molecular weight is 252 g/mol. The van der Waals surface area contributed by atoms with E-state index in [-0.39, 0.29) is 0 Å². The van der Waals surface area contributed by atoms with Crippen LogP contribution in [0.2, 0.25) is 0 Å². The predicted molar refractivity (Wildman–Crippen MR) is 77.7 cm³/mol. The quantitative estimate of drug-likeness (QED) is 0.591. The highest BCUT2D eigenvalue weighted by Crippen LogP contribution is 2.48. The molecule has 1 aliphatic carbocycles. The first-order valence-corrected chi connectivity index (χ1v) is 8.26. The van der Waals surface area contributed by atoms with Crippen LogP contribution in [-0.2, 0) is 4.74 Å². The Labute approximate surface area is 114 Å². The molecule has 0 radical (unpaired) electrons. The maximum Gasteiger partial charge on any atom is 0.0612 e. The Balaban J connectivity index is 1.72. The van der Waals surface area contributed by atoms with Crippen LogP contribution in [0.25, 0.3) is 0 Å². The second-order valence-electron chi connectivity index (χ2n) is 7.23.